The molecule has 0 unspecified atom stereocenters. The number of carbonyl (C=O) groups excluding carboxylic acids is 1. The van der Waals surface area contributed by atoms with Crippen molar-refractivity contribution in [3.63, 3.8) is 0 Å². The van der Waals surface area contributed by atoms with E-state index in [1.165, 1.54) is 19.2 Å². The molecule has 1 heterocycles. The number of aryl methyl sites for hydroxylation is 1. The number of carbonyl (C=O) groups is 1. The standard InChI is InChI=1S/C26H25N5O5S/c1-17-14-19(30(13-12-25(32)36-3)16-18-4-8-21(35-2)9-5-18)6-10-23(17)27-28-26-22-15-20(31(33)34)7-11-24(22)29-37-26/h4-11,14-15H,12-13,16H2,1-3H3. The summed E-state index contributed by atoms with van der Waals surface area (Å²) in [5.74, 6) is 0.498. The highest BCUT2D eigenvalue weighted by molar-refractivity contribution is 7.11. The average molecular weight is 520 g/mol. The van der Waals surface area contributed by atoms with E-state index in [9.17, 15) is 14.9 Å². The number of rotatable bonds is 10. The van der Waals surface area contributed by atoms with Crippen LogP contribution in [0.4, 0.5) is 22.1 Å². The Morgan fingerprint density at radius 2 is 1.86 bits per heavy atom. The number of benzene rings is 3. The number of aromatic nitrogens is 1. The highest BCUT2D eigenvalue weighted by atomic mass is 32.1. The van der Waals surface area contributed by atoms with Gasteiger partial charge in [0, 0.05) is 36.3 Å². The van der Waals surface area contributed by atoms with Gasteiger partial charge in [0.15, 0.2) is 5.00 Å². The van der Waals surface area contributed by atoms with E-state index in [1.807, 2.05) is 49.4 Å². The van der Waals surface area contributed by atoms with Crippen molar-refractivity contribution in [3.8, 4) is 5.75 Å². The maximum Gasteiger partial charge on any atom is 0.307 e. The summed E-state index contributed by atoms with van der Waals surface area (Å²) in [7, 11) is 3.01. The van der Waals surface area contributed by atoms with Gasteiger partial charge in [-0.25, -0.2) is 0 Å². The van der Waals surface area contributed by atoms with Crippen molar-refractivity contribution in [2.45, 2.75) is 19.9 Å². The minimum absolute atomic E-state index is 0.0198. The van der Waals surface area contributed by atoms with Crippen molar-refractivity contribution in [1.82, 2.24) is 4.37 Å². The largest absolute Gasteiger partial charge is 0.497 e. The lowest BCUT2D eigenvalue weighted by atomic mass is 10.1. The molecule has 0 bridgehead atoms. The number of methoxy groups -OCH3 is 2. The Balaban J connectivity index is 1.57. The number of azo groups is 1. The van der Waals surface area contributed by atoms with E-state index >= 15 is 0 Å². The van der Waals surface area contributed by atoms with Crippen LogP contribution in [0.15, 0.2) is 70.9 Å². The second-order valence-electron chi connectivity index (χ2n) is 8.21. The zero-order valence-electron chi connectivity index (χ0n) is 20.6. The van der Waals surface area contributed by atoms with Gasteiger partial charge in [-0.3, -0.25) is 14.9 Å². The van der Waals surface area contributed by atoms with Crippen molar-refractivity contribution in [3.05, 3.63) is 81.9 Å². The summed E-state index contributed by atoms with van der Waals surface area (Å²) < 4.78 is 14.4. The number of nitrogens with zero attached hydrogens (tertiary/aromatic N) is 5. The van der Waals surface area contributed by atoms with Gasteiger partial charge in [0.25, 0.3) is 5.69 Å². The van der Waals surface area contributed by atoms with Gasteiger partial charge < -0.3 is 14.4 Å². The van der Waals surface area contributed by atoms with Gasteiger partial charge >= 0.3 is 5.97 Å². The third-order valence-electron chi connectivity index (χ3n) is 5.79. The van der Waals surface area contributed by atoms with Crippen LogP contribution in [0.25, 0.3) is 10.9 Å². The number of fused-ring (bicyclic) bond motifs is 1. The highest BCUT2D eigenvalue weighted by Crippen LogP contribution is 2.35. The van der Waals surface area contributed by atoms with Crippen molar-refractivity contribution in [2.24, 2.45) is 10.2 Å². The quantitative estimate of drug-likeness (QED) is 0.101. The maximum atomic E-state index is 11.8. The number of nitro groups is 1. The molecule has 0 saturated carbocycles. The average Bonchev–Trinajstić information content (AvgIpc) is 3.32. The molecule has 37 heavy (non-hydrogen) atoms. The van der Waals surface area contributed by atoms with E-state index in [0.717, 1.165) is 34.1 Å². The van der Waals surface area contributed by atoms with E-state index in [4.69, 9.17) is 9.47 Å². The lowest BCUT2D eigenvalue weighted by Gasteiger charge is -2.25. The first-order chi connectivity index (χ1) is 17.9. The molecule has 3 aromatic carbocycles. The summed E-state index contributed by atoms with van der Waals surface area (Å²) in [6.45, 7) is 3.00. The number of non-ortho nitro benzene ring substituents is 1. The lowest BCUT2D eigenvalue weighted by Crippen LogP contribution is -2.26. The van der Waals surface area contributed by atoms with Crippen LogP contribution in [-0.4, -0.2) is 36.0 Å². The number of esters is 1. The number of ether oxygens (including phenoxy) is 2. The second-order valence-corrected chi connectivity index (χ2v) is 8.96. The number of hydrogen-bond acceptors (Lipinski definition) is 10. The molecule has 0 saturated heterocycles. The van der Waals surface area contributed by atoms with E-state index in [-0.39, 0.29) is 18.1 Å². The zero-order chi connectivity index (χ0) is 26.4. The molecule has 0 aliphatic heterocycles. The number of nitro benzene ring substituents is 1. The van der Waals surface area contributed by atoms with Crippen LogP contribution in [0, 0.1) is 17.0 Å². The van der Waals surface area contributed by atoms with E-state index in [2.05, 4.69) is 19.5 Å². The van der Waals surface area contributed by atoms with E-state index in [1.54, 1.807) is 13.2 Å². The van der Waals surface area contributed by atoms with E-state index in [0.29, 0.717) is 34.7 Å². The minimum Gasteiger partial charge on any atom is -0.497 e. The molecule has 4 aromatic rings. The summed E-state index contributed by atoms with van der Waals surface area (Å²) in [6.07, 6.45) is 0.248. The molecule has 0 fully saturated rings. The number of anilines is 1. The SMILES string of the molecule is COC(=O)CCN(Cc1ccc(OC)cc1)c1ccc(N=Nc2snc3ccc([N+](=O)[O-])cc23)c(C)c1. The second kappa shape index (κ2) is 11.6. The van der Waals surface area contributed by atoms with Gasteiger partial charge in [-0.15, -0.1) is 10.2 Å². The minimum atomic E-state index is -0.446. The molecule has 10 nitrogen and oxygen atoms in total. The van der Waals surface area contributed by atoms with Crippen molar-refractivity contribution >= 4 is 50.5 Å². The molecular weight excluding hydrogens is 494 g/mol. The molecule has 0 amide bonds. The molecule has 0 aliphatic rings. The van der Waals surface area contributed by atoms with Crippen molar-refractivity contribution in [1.29, 1.82) is 0 Å². The first-order valence-corrected chi connectivity index (χ1v) is 12.2. The van der Waals surface area contributed by atoms with Crippen LogP contribution < -0.4 is 9.64 Å². The molecule has 0 radical (unpaired) electrons. The summed E-state index contributed by atoms with van der Waals surface area (Å²) >= 11 is 1.14. The Morgan fingerprint density at radius 1 is 1.08 bits per heavy atom. The molecule has 0 atom stereocenters. The van der Waals surface area contributed by atoms with Crippen LogP contribution in [-0.2, 0) is 16.1 Å². The fourth-order valence-electron chi connectivity index (χ4n) is 3.73. The zero-order valence-corrected chi connectivity index (χ0v) is 21.4. The lowest BCUT2D eigenvalue weighted by molar-refractivity contribution is -0.384. The summed E-state index contributed by atoms with van der Waals surface area (Å²) in [4.78, 5) is 24.6. The van der Waals surface area contributed by atoms with Crippen molar-refractivity contribution < 1.29 is 19.2 Å². The monoisotopic (exact) mass is 519 g/mol. The predicted molar refractivity (Wildman–Crippen MR) is 142 cm³/mol. The Labute approximate surface area is 217 Å². The van der Waals surface area contributed by atoms with Gasteiger partial charge in [0.05, 0.1) is 36.8 Å². The third-order valence-corrected chi connectivity index (χ3v) is 6.55. The summed E-state index contributed by atoms with van der Waals surface area (Å²) in [5, 5.41) is 20.9. The maximum absolute atomic E-state index is 11.8. The van der Waals surface area contributed by atoms with Crippen LogP contribution in [0.1, 0.15) is 17.5 Å². The van der Waals surface area contributed by atoms with Gasteiger partial charge in [0.2, 0.25) is 0 Å². The Kier molecular flexibility index (Phi) is 8.04. The molecule has 0 spiro atoms. The van der Waals surface area contributed by atoms with Gasteiger partial charge in [-0.05, 0) is 66.0 Å². The highest BCUT2D eigenvalue weighted by Gasteiger charge is 2.14. The number of hydrogen-bond donors (Lipinski definition) is 0. The Bertz CT molecular complexity index is 1450. The molecule has 11 heteroatoms. The summed E-state index contributed by atoms with van der Waals surface area (Å²) in [6, 6.07) is 18.1. The Hall–Kier alpha value is -4.38. The molecule has 190 valence electrons. The van der Waals surface area contributed by atoms with E-state index < -0.39 is 4.92 Å². The molecule has 0 N–H and O–H groups in total. The first kappa shape index (κ1) is 25.7. The third kappa shape index (κ3) is 6.25. The fraction of sp³-hybridized carbons (Fsp3) is 0.231. The smallest absolute Gasteiger partial charge is 0.307 e. The van der Waals surface area contributed by atoms with Gasteiger partial charge in [0.1, 0.15) is 5.75 Å². The fourth-order valence-corrected chi connectivity index (χ4v) is 4.41. The normalized spacial score (nSPS) is 11.1. The van der Waals surface area contributed by atoms with Crippen LogP contribution in [0.5, 0.6) is 5.75 Å². The predicted octanol–water partition coefficient (Wildman–Crippen LogP) is 6.51. The van der Waals surface area contributed by atoms with Gasteiger partial charge in [-0.2, -0.15) is 4.37 Å². The van der Waals surface area contributed by atoms with Crippen molar-refractivity contribution in [2.75, 3.05) is 25.7 Å². The van der Waals surface area contributed by atoms with Crippen LogP contribution in [0.2, 0.25) is 0 Å². The van der Waals surface area contributed by atoms with Crippen LogP contribution >= 0.6 is 11.5 Å². The van der Waals surface area contributed by atoms with Crippen LogP contribution in [0.3, 0.4) is 0 Å². The topological polar surface area (TPSA) is 120 Å². The summed E-state index contributed by atoms with van der Waals surface area (Å²) in [5.41, 5.74) is 4.16. The first-order valence-electron chi connectivity index (χ1n) is 11.4. The molecule has 1 aromatic heterocycles. The molecule has 0 aliphatic carbocycles. The molecular formula is C26H25N5O5S. The Morgan fingerprint density at radius 3 is 2.54 bits per heavy atom. The van der Waals surface area contributed by atoms with Gasteiger partial charge in [-0.1, -0.05) is 12.1 Å². The molecule has 4 rings (SSSR count).